The van der Waals surface area contributed by atoms with Crippen LogP contribution >= 0.6 is 0 Å². The Hall–Kier alpha value is -0.860. The van der Waals surface area contributed by atoms with Crippen molar-refractivity contribution in [2.45, 2.75) is 70.0 Å². The molecule has 21 heavy (non-hydrogen) atoms. The maximum absolute atomic E-state index is 3.72. The van der Waals surface area contributed by atoms with Crippen LogP contribution in [0.1, 0.15) is 55.2 Å². The molecule has 1 atom stereocenters. The average molecular weight is 284 g/mol. The number of aryl methyl sites for hydroxylation is 2. The van der Waals surface area contributed by atoms with E-state index in [1.807, 2.05) is 0 Å². The van der Waals surface area contributed by atoms with Crippen molar-refractivity contribution >= 4 is 0 Å². The molecule has 3 aliphatic rings. The Balaban J connectivity index is 1.42. The molecule has 1 aromatic rings. The zero-order valence-corrected chi connectivity index (χ0v) is 13.1. The predicted molar refractivity (Wildman–Crippen MR) is 87.5 cm³/mol. The van der Waals surface area contributed by atoms with Crippen molar-refractivity contribution in [1.29, 1.82) is 0 Å². The monoisotopic (exact) mass is 284 g/mol. The number of nitrogens with zero attached hydrogens (tertiary/aromatic N) is 1. The first-order valence-corrected chi connectivity index (χ1v) is 8.96. The standard InChI is InChI=1S/C19H28N2/c1-2-11-20-18(6-1)14-21(19-9-10-19)13-15-7-8-16-4-3-5-17(16)12-15/h7-8,12,18-20H,1-6,9-11,13-14H2. The van der Waals surface area contributed by atoms with Crippen LogP contribution in [0.2, 0.25) is 0 Å². The Morgan fingerprint density at radius 1 is 1.00 bits per heavy atom. The topological polar surface area (TPSA) is 15.3 Å². The Morgan fingerprint density at radius 3 is 2.71 bits per heavy atom. The van der Waals surface area contributed by atoms with Gasteiger partial charge >= 0.3 is 0 Å². The molecule has 2 aliphatic carbocycles. The average Bonchev–Trinajstić information content (AvgIpc) is 3.26. The maximum Gasteiger partial charge on any atom is 0.0237 e. The van der Waals surface area contributed by atoms with Crippen LogP contribution < -0.4 is 5.32 Å². The Morgan fingerprint density at radius 2 is 1.90 bits per heavy atom. The number of hydrogen-bond acceptors (Lipinski definition) is 2. The molecule has 114 valence electrons. The van der Waals surface area contributed by atoms with Crippen LogP contribution in [0.3, 0.4) is 0 Å². The first-order valence-electron chi connectivity index (χ1n) is 8.96. The highest BCUT2D eigenvalue weighted by Gasteiger charge is 2.31. The van der Waals surface area contributed by atoms with Gasteiger partial charge in [0.15, 0.2) is 0 Å². The third kappa shape index (κ3) is 3.32. The molecule has 0 spiro atoms. The van der Waals surface area contributed by atoms with Gasteiger partial charge in [0, 0.05) is 25.2 Å². The molecular weight excluding hydrogens is 256 g/mol. The van der Waals surface area contributed by atoms with E-state index in [1.54, 1.807) is 16.7 Å². The lowest BCUT2D eigenvalue weighted by atomic mass is 10.0. The fraction of sp³-hybridized carbons (Fsp3) is 0.684. The van der Waals surface area contributed by atoms with E-state index in [4.69, 9.17) is 0 Å². The zero-order valence-electron chi connectivity index (χ0n) is 13.1. The number of benzene rings is 1. The fourth-order valence-electron chi connectivity index (χ4n) is 4.10. The largest absolute Gasteiger partial charge is 0.313 e. The molecule has 0 bridgehead atoms. The highest BCUT2D eigenvalue weighted by atomic mass is 15.2. The van der Waals surface area contributed by atoms with Crippen LogP contribution in [0, 0.1) is 0 Å². The van der Waals surface area contributed by atoms with Crippen molar-refractivity contribution in [3.8, 4) is 0 Å². The minimum Gasteiger partial charge on any atom is -0.313 e. The summed E-state index contributed by atoms with van der Waals surface area (Å²) in [7, 11) is 0. The van der Waals surface area contributed by atoms with Crippen molar-refractivity contribution in [3.05, 3.63) is 34.9 Å². The summed E-state index contributed by atoms with van der Waals surface area (Å²) in [5.74, 6) is 0. The maximum atomic E-state index is 3.72. The first kappa shape index (κ1) is 13.8. The zero-order chi connectivity index (χ0) is 14.1. The van der Waals surface area contributed by atoms with Gasteiger partial charge in [-0.1, -0.05) is 24.6 Å². The van der Waals surface area contributed by atoms with Gasteiger partial charge in [-0.25, -0.2) is 0 Å². The molecule has 2 nitrogen and oxygen atoms in total. The van der Waals surface area contributed by atoms with E-state index in [0.717, 1.165) is 18.6 Å². The fourth-order valence-corrected chi connectivity index (χ4v) is 4.10. The highest BCUT2D eigenvalue weighted by Crippen LogP contribution is 2.30. The van der Waals surface area contributed by atoms with Gasteiger partial charge in [0.1, 0.15) is 0 Å². The van der Waals surface area contributed by atoms with E-state index in [9.17, 15) is 0 Å². The lowest BCUT2D eigenvalue weighted by molar-refractivity contribution is 0.208. The van der Waals surface area contributed by atoms with Crippen molar-refractivity contribution in [3.63, 3.8) is 0 Å². The highest BCUT2D eigenvalue weighted by molar-refractivity contribution is 5.35. The van der Waals surface area contributed by atoms with Gasteiger partial charge in [0.05, 0.1) is 0 Å². The quantitative estimate of drug-likeness (QED) is 0.892. The second-order valence-electron chi connectivity index (χ2n) is 7.26. The van der Waals surface area contributed by atoms with Gasteiger partial charge in [-0.05, 0) is 68.2 Å². The molecule has 1 heterocycles. The summed E-state index contributed by atoms with van der Waals surface area (Å²) in [5.41, 5.74) is 4.77. The van der Waals surface area contributed by atoms with Gasteiger partial charge in [0.25, 0.3) is 0 Å². The van der Waals surface area contributed by atoms with Crippen LogP contribution in [-0.4, -0.2) is 30.1 Å². The third-order valence-electron chi connectivity index (χ3n) is 5.48. The second-order valence-corrected chi connectivity index (χ2v) is 7.26. The van der Waals surface area contributed by atoms with Crippen LogP contribution in [0.25, 0.3) is 0 Å². The van der Waals surface area contributed by atoms with E-state index in [-0.39, 0.29) is 0 Å². The van der Waals surface area contributed by atoms with Crippen molar-refractivity contribution in [2.75, 3.05) is 13.1 Å². The number of piperidine rings is 1. The van der Waals surface area contributed by atoms with E-state index in [1.165, 1.54) is 64.5 Å². The summed E-state index contributed by atoms with van der Waals surface area (Å²) in [6.45, 7) is 3.64. The van der Waals surface area contributed by atoms with Gasteiger partial charge in [0.2, 0.25) is 0 Å². The van der Waals surface area contributed by atoms with Crippen LogP contribution in [-0.2, 0) is 19.4 Å². The summed E-state index contributed by atoms with van der Waals surface area (Å²) in [4.78, 5) is 2.75. The minimum atomic E-state index is 0.730. The Bertz CT molecular complexity index is 486. The summed E-state index contributed by atoms with van der Waals surface area (Å²) in [6.07, 6.45) is 10.9. The van der Waals surface area contributed by atoms with Gasteiger partial charge in [-0.3, -0.25) is 4.90 Å². The summed E-state index contributed by atoms with van der Waals surface area (Å²) >= 11 is 0. The molecule has 0 aromatic heterocycles. The molecule has 1 saturated heterocycles. The molecule has 0 radical (unpaired) electrons. The molecule has 1 saturated carbocycles. The third-order valence-corrected chi connectivity index (χ3v) is 5.48. The lowest BCUT2D eigenvalue weighted by Crippen LogP contribution is -2.44. The van der Waals surface area contributed by atoms with Gasteiger partial charge in [-0.15, -0.1) is 0 Å². The smallest absolute Gasteiger partial charge is 0.0237 e. The number of nitrogens with one attached hydrogen (secondary N) is 1. The molecular formula is C19H28N2. The molecule has 0 amide bonds. The number of fused-ring (bicyclic) bond motifs is 1. The molecule has 1 unspecified atom stereocenters. The molecule has 4 rings (SSSR count). The second kappa shape index (κ2) is 6.10. The van der Waals surface area contributed by atoms with Crippen LogP contribution in [0.15, 0.2) is 18.2 Å². The SMILES string of the molecule is c1cc2c(cc1CN(CC1CCCCN1)C1CC1)CCC2. The van der Waals surface area contributed by atoms with E-state index in [2.05, 4.69) is 28.4 Å². The van der Waals surface area contributed by atoms with E-state index in [0.29, 0.717) is 0 Å². The van der Waals surface area contributed by atoms with Crippen molar-refractivity contribution in [2.24, 2.45) is 0 Å². The van der Waals surface area contributed by atoms with Crippen molar-refractivity contribution < 1.29 is 0 Å². The molecule has 1 N–H and O–H groups in total. The molecule has 1 aromatic carbocycles. The summed E-state index contributed by atoms with van der Waals surface area (Å²) in [5, 5.41) is 3.72. The van der Waals surface area contributed by atoms with E-state index >= 15 is 0 Å². The first-order chi connectivity index (χ1) is 10.4. The van der Waals surface area contributed by atoms with Crippen molar-refractivity contribution in [1.82, 2.24) is 10.2 Å². The molecule has 2 fully saturated rings. The summed E-state index contributed by atoms with van der Waals surface area (Å²) < 4.78 is 0. The number of hydrogen-bond donors (Lipinski definition) is 1. The Kier molecular flexibility index (Phi) is 4.00. The normalized spacial score (nSPS) is 25.3. The molecule has 2 heteroatoms. The van der Waals surface area contributed by atoms with Gasteiger partial charge in [-0.2, -0.15) is 0 Å². The van der Waals surface area contributed by atoms with Crippen LogP contribution in [0.5, 0.6) is 0 Å². The summed E-state index contributed by atoms with van der Waals surface area (Å²) in [6, 6.07) is 8.86. The van der Waals surface area contributed by atoms with E-state index < -0.39 is 0 Å². The van der Waals surface area contributed by atoms with Gasteiger partial charge < -0.3 is 5.32 Å². The number of rotatable bonds is 5. The molecule has 1 aliphatic heterocycles. The minimum absolute atomic E-state index is 0.730. The van der Waals surface area contributed by atoms with Crippen LogP contribution in [0.4, 0.5) is 0 Å². The lowest BCUT2D eigenvalue weighted by Gasteiger charge is -2.31. The Labute approximate surface area is 128 Å². The predicted octanol–water partition coefficient (Wildman–Crippen LogP) is 3.28.